The van der Waals surface area contributed by atoms with Crippen LogP contribution in [0.3, 0.4) is 0 Å². The number of carbonyl (C=O) groups is 1. The molecule has 2 aliphatic heterocycles. The summed E-state index contributed by atoms with van der Waals surface area (Å²) < 4.78 is 0. The van der Waals surface area contributed by atoms with E-state index < -0.39 is 0 Å². The maximum atomic E-state index is 12.9. The average molecular weight is 392 g/mol. The Morgan fingerprint density at radius 1 is 1.04 bits per heavy atom. The summed E-state index contributed by atoms with van der Waals surface area (Å²) in [6, 6.07) is 15.5. The molecule has 0 spiro atoms. The number of carbonyl (C=O) groups excluding carboxylic acids is 1. The Labute approximate surface area is 170 Å². The molecule has 0 aliphatic carbocycles. The van der Waals surface area contributed by atoms with Crippen molar-refractivity contribution < 1.29 is 4.79 Å². The van der Waals surface area contributed by atoms with Gasteiger partial charge in [0.2, 0.25) is 0 Å². The van der Waals surface area contributed by atoms with E-state index in [1.807, 2.05) is 25.1 Å². The number of amides is 1. The molecular formula is C23H22ClN3O. The molecule has 2 aromatic rings. The standard InChI is InChI=1S/C23H22ClN3O/c1-15-18(22(28)27(25-15)17-11-9-16(24)10-12-17)13-14-21-23(2,3)19-7-5-6-8-20(19)26(21)4/h5-14H,1-4H3/b18-13-,21-14-. The monoisotopic (exact) mass is 391 g/mol. The number of hydrogen-bond donors (Lipinski definition) is 0. The van der Waals surface area contributed by atoms with Crippen molar-refractivity contribution in [1.29, 1.82) is 0 Å². The highest BCUT2D eigenvalue weighted by molar-refractivity contribution is 6.31. The van der Waals surface area contributed by atoms with E-state index in [-0.39, 0.29) is 11.3 Å². The number of benzene rings is 2. The molecule has 5 heteroatoms. The van der Waals surface area contributed by atoms with Crippen LogP contribution in [0.4, 0.5) is 11.4 Å². The predicted octanol–water partition coefficient (Wildman–Crippen LogP) is 5.30. The Hall–Kier alpha value is -2.85. The SMILES string of the molecule is CC1=NN(c2ccc(Cl)cc2)C(=O)/C1=C\C=C1/N(C)c2ccccc2C1(C)C. The highest BCUT2D eigenvalue weighted by atomic mass is 35.5. The summed E-state index contributed by atoms with van der Waals surface area (Å²) >= 11 is 5.95. The predicted molar refractivity (Wildman–Crippen MR) is 116 cm³/mol. The second-order valence-corrected chi connectivity index (χ2v) is 8.05. The zero-order valence-corrected chi connectivity index (χ0v) is 17.2. The Balaban J connectivity index is 1.68. The first-order valence-corrected chi connectivity index (χ1v) is 9.60. The number of allylic oxidation sites excluding steroid dienone is 3. The van der Waals surface area contributed by atoms with Gasteiger partial charge in [-0.3, -0.25) is 4.79 Å². The molecule has 28 heavy (non-hydrogen) atoms. The first kappa shape index (κ1) is 18.5. The molecule has 1 amide bonds. The number of likely N-dealkylation sites (N-methyl/N-ethyl adjacent to an activating group) is 1. The summed E-state index contributed by atoms with van der Waals surface area (Å²) in [5, 5.41) is 6.49. The molecule has 2 aromatic carbocycles. The Kier molecular flexibility index (Phi) is 4.39. The highest BCUT2D eigenvalue weighted by Gasteiger charge is 2.38. The number of rotatable bonds is 2. The van der Waals surface area contributed by atoms with E-state index in [1.54, 1.807) is 24.3 Å². The van der Waals surface area contributed by atoms with Crippen LogP contribution in [0.2, 0.25) is 5.02 Å². The quantitative estimate of drug-likeness (QED) is 0.651. The third-order valence-electron chi connectivity index (χ3n) is 5.48. The van der Waals surface area contributed by atoms with Crippen LogP contribution in [-0.2, 0) is 10.2 Å². The van der Waals surface area contributed by atoms with E-state index in [2.05, 4.69) is 49.1 Å². The molecule has 4 nitrogen and oxygen atoms in total. The van der Waals surface area contributed by atoms with Crippen molar-refractivity contribution in [2.45, 2.75) is 26.2 Å². The third-order valence-corrected chi connectivity index (χ3v) is 5.73. The van der Waals surface area contributed by atoms with Gasteiger partial charge in [0.05, 0.1) is 17.0 Å². The lowest BCUT2D eigenvalue weighted by atomic mass is 9.83. The van der Waals surface area contributed by atoms with E-state index in [4.69, 9.17) is 11.6 Å². The minimum Gasteiger partial charge on any atom is -0.347 e. The molecule has 0 N–H and O–H groups in total. The van der Waals surface area contributed by atoms with Gasteiger partial charge in [-0.1, -0.05) is 43.6 Å². The lowest BCUT2D eigenvalue weighted by Gasteiger charge is -2.23. The number of para-hydroxylation sites is 1. The minimum absolute atomic E-state index is 0.132. The van der Waals surface area contributed by atoms with Crippen LogP contribution < -0.4 is 9.91 Å². The molecule has 142 valence electrons. The van der Waals surface area contributed by atoms with Gasteiger partial charge in [0.1, 0.15) is 0 Å². The van der Waals surface area contributed by atoms with Gasteiger partial charge in [-0.15, -0.1) is 0 Å². The molecule has 2 heterocycles. The number of nitrogens with zero attached hydrogens (tertiary/aromatic N) is 3. The molecule has 2 aliphatic rings. The summed E-state index contributed by atoms with van der Waals surface area (Å²) in [5.74, 6) is -0.132. The van der Waals surface area contributed by atoms with Gasteiger partial charge in [0, 0.05) is 28.9 Å². The average Bonchev–Trinajstić information content (AvgIpc) is 3.06. The van der Waals surface area contributed by atoms with Gasteiger partial charge >= 0.3 is 0 Å². The summed E-state index contributed by atoms with van der Waals surface area (Å²) in [5.41, 5.74) is 5.50. The molecule has 0 aromatic heterocycles. The normalized spacial score (nSPS) is 20.9. The van der Waals surface area contributed by atoms with Crippen LogP contribution in [0.15, 0.2) is 77.1 Å². The van der Waals surface area contributed by atoms with Gasteiger partial charge in [-0.25, -0.2) is 0 Å². The zero-order valence-electron chi connectivity index (χ0n) is 16.4. The molecule has 0 saturated carbocycles. The Morgan fingerprint density at radius 3 is 2.39 bits per heavy atom. The molecule has 0 radical (unpaired) electrons. The molecule has 0 atom stereocenters. The number of hydrazone groups is 1. The first-order valence-electron chi connectivity index (χ1n) is 9.22. The van der Waals surface area contributed by atoms with Crippen LogP contribution in [-0.4, -0.2) is 18.7 Å². The fraction of sp³-hybridized carbons (Fsp3) is 0.217. The van der Waals surface area contributed by atoms with Crippen molar-refractivity contribution in [3.63, 3.8) is 0 Å². The summed E-state index contributed by atoms with van der Waals surface area (Å²) in [7, 11) is 2.06. The third kappa shape index (κ3) is 2.85. The highest BCUT2D eigenvalue weighted by Crippen LogP contribution is 2.46. The number of anilines is 2. The fourth-order valence-corrected chi connectivity index (χ4v) is 4.06. The van der Waals surface area contributed by atoms with Crippen molar-refractivity contribution in [3.8, 4) is 0 Å². The first-order chi connectivity index (χ1) is 13.3. The molecule has 0 unspecified atom stereocenters. The Bertz CT molecular complexity index is 1050. The van der Waals surface area contributed by atoms with E-state index in [0.29, 0.717) is 22.0 Å². The largest absolute Gasteiger partial charge is 0.347 e. The number of halogens is 1. The lowest BCUT2D eigenvalue weighted by Crippen LogP contribution is -2.23. The van der Waals surface area contributed by atoms with Crippen molar-refractivity contribution in [1.82, 2.24) is 0 Å². The van der Waals surface area contributed by atoms with Gasteiger partial charge in [0.15, 0.2) is 0 Å². The molecule has 0 fully saturated rings. The second kappa shape index (κ2) is 6.64. The minimum atomic E-state index is -0.134. The van der Waals surface area contributed by atoms with Gasteiger partial charge < -0.3 is 4.90 Å². The van der Waals surface area contributed by atoms with Crippen LogP contribution in [0, 0.1) is 0 Å². The molecule has 0 saturated heterocycles. The molecule has 0 bridgehead atoms. The van der Waals surface area contributed by atoms with Crippen LogP contribution in [0.5, 0.6) is 0 Å². The van der Waals surface area contributed by atoms with E-state index in [9.17, 15) is 4.79 Å². The van der Waals surface area contributed by atoms with Gasteiger partial charge in [-0.2, -0.15) is 10.1 Å². The number of fused-ring (bicyclic) bond motifs is 1. The maximum Gasteiger partial charge on any atom is 0.280 e. The van der Waals surface area contributed by atoms with E-state index in [0.717, 1.165) is 5.70 Å². The van der Waals surface area contributed by atoms with Gasteiger partial charge in [-0.05, 0) is 55.0 Å². The smallest absolute Gasteiger partial charge is 0.280 e. The maximum absolute atomic E-state index is 12.9. The van der Waals surface area contributed by atoms with Gasteiger partial charge in [0.25, 0.3) is 5.91 Å². The summed E-state index contributed by atoms with van der Waals surface area (Å²) in [4.78, 5) is 15.1. The van der Waals surface area contributed by atoms with Crippen molar-refractivity contribution >= 4 is 34.6 Å². The van der Waals surface area contributed by atoms with Crippen molar-refractivity contribution in [2.24, 2.45) is 5.10 Å². The summed E-state index contributed by atoms with van der Waals surface area (Å²) in [6.07, 6.45) is 3.92. The second-order valence-electron chi connectivity index (χ2n) is 7.61. The van der Waals surface area contributed by atoms with E-state index >= 15 is 0 Å². The van der Waals surface area contributed by atoms with Crippen molar-refractivity contribution in [2.75, 3.05) is 17.0 Å². The van der Waals surface area contributed by atoms with Crippen molar-refractivity contribution in [3.05, 3.63) is 82.5 Å². The van der Waals surface area contributed by atoms with E-state index in [1.165, 1.54) is 16.3 Å². The molecular weight excluding hydrogens is 370 g/mol. The lowest BCUT2D eigenvalue weighted by molar-refractivity contribution is -0.114. The van der Waals surface area contributed by atoms with Crippen LogP contribution >= 0.6 is 11.6 Å². The summed E-state index contributed by atoms with van der Waals surface area (Å²) in [6.45, 7) is 6.27. The fourth-order valence-electron chi connectivity index (χ4n) is 3.93. The topological polar surface area (TPSA) is 35.9 Å². The zero-order chi connectivity index (χ0) is 20.1. The Morgan fingerprint density at radius 2 is 1.71 bits per heavy atom. The number of hydrogen-bond acceptors (Lipinski definition) is 3. The molecule has 4 rings (SSSR count). The van der Waals surface area contributed by atoms with Crippen LogP contribution in [0.25, 0.3) is 0 Å². The van der Waals surface area contributed by atoms with Crippen LogP contribution in [0.1, 0.15) is 26.3 Å².